The second-order valence-electron chi connectivity index (χ2n) is 6.55. The molecule has 2 aromatic carbocycles. The summed E-state index contributed by atoms with van der Waals surface area (Å²) in [5.41, 5.74) is 5.91. The lowest BCUT2D eigenvalue weighted by Gasteiger charge is -2.10. The molecule has 11 heteroatoms. The molecule has 0 saturated carbocycles. The van der Waals surface area contributed by atoms with Crippen molar-refractivity contribution >= 4 is 46.7 Å². The van der Waals surface area contributed by atoms with Crippen LogP contribution in [0.3, 0.4) is 0 Å². The number of nitrogens with one attached hydrogen (secondary N) is 3. The maximum absolute atomic E-state index is 12.4. The smallest absolute Gasteiger partial charge is 0.340 e. The van der Waals surface area contributed by atoms with Crippen molar-refractivity contribution in [1.82, 2.24) is 9.97 Å². The molecule has 0 atom stereocenters. The van der Waals surface area contributed by atoms with Crippen LogP contribution in [-0.2, 0) is 9.53 Å². The minimum Gasteiger partial charge on any atom is -0.462 e. The molecular weight excluding hydrogens is 446 g/mol. The third kappa shape index (κ3) is 6.20. The number of anilines is 3. The molecule has 1 aromatic heterocycles. The molecule has 0 aliphatic heterocycles. The highest BCUT2D eigenvalue weighted by molar-refractivity contribution is 7.99. The summed E-state index contributed by atoms with van der Waals surface area (Å²) in [5.74, 6) is -1.78. The minimum absolute atomic E-state index is 0.101. The van der Waals surface area contributed by atoms with Crippen molar-refractivity contribution in [1.29, 1.82) is 0 Å². The third-order valence-corrected chi connectivity index (χ3v) is 5.11. The topological polar surface area (TPSA) is 156 Å². The molecule has 5 N–H and O–H groups in total. The number of rotatable bonds is 8. The number of amides is 2. The number of ether oxygens (including phenoxy) is 1. The van der Waals surface area contributed by atoms with Crippen molar-refractivity contribution in [3.05, 3.63) is 76.1 Å². The first-order valence-electron chi connectivity index (χ1n) is 9.84. The van der Waals surface area contributed by atoms with Gasteiger partial charge < -0.3 is 21.1 Å². The average molecular weight is 468 g/mol. The highest BCUT2D eigenvalue weighted by atomic mass is 32.2. The van der Waals surface area contributed by atoms with E-state index in [1.165, 1.54) is 0 Å². The van der Waals surface area contributed by atoms with Crippen LogP contribution in [-0.4, -0.2) is 40.1 Å². The Morgan fingerprint density at radius 3 is 2.45 bits per heavy atom. The van der Waals surface area contributed by atoms with Crippen molar-refractivity contribution in [2.24, 2.45) is 0 Å². The van der Waals surface area contributed by atoms with Crippen LogP contribution >= 0.6 is 11.8 Å². The number of carbonyl (C=O) groups excluding carboxylic acids is 3. The average Bonchev–Trinajstić information content (AvgIpc) is 2.81. The minimum atomic E-state index is -0.651. The van der Waals surface area contributed by atoms with Gasteiger partial charge in [-0.05, 0) is 31.2 Å². The number of hydrogen-bond donors (Lipinski definition) is 4. The first kappa shape index (κ1) is 23.5. The van der Waals surface area contributed by atoms with Gasteiger partial charge in [0.15, 0.2) is 11.0 Å². The number of H-pyrrole nitrogens is 1. The SMILES string of the molecule is CCOC(=O)c1ccccc1NC(=O)CSc1nc(N)c(NC(=O)c2ccccc2)c(=O)[nH]1. The van der Waals surface area contributed by atoms with Gasteiger partial charge in [0, 0.05) is 5.56 Å². The lowest BCUT2D eigenvalue weighted by Crippen LogP contribution is -2.23. The quantitative estimate of drug-likeness (QED) is 0.224. The predicted molar refractivity (Wildman–Crippen MR) is 125 cm³/mol. The number of para-hydroxylation sites is 1. The molecule has 0 radical (unpaired) electrons. The highest BCUT2D eigenvalue weighted by Crippen LogP contribution is 2.20. The first-order chi connectivity index (χ1) is 15.9. The number of nitrogen functional groups attached to an aromatic ring is 1. The van der Waals surface area contributed by atoms with Crippen molar-refractivity contribution in [2.45, 2.75) is 12.1 Å². The monoisotopic (exact) mass is 467 g/mol. The van der Waals surface area contributed by atoms with Crippen molar-refractivity contribution < 1.29 is 19.1 Å². The Balaban J connectivity index is 1.64. The Bertz CT molecular complexity index is 1230. The van der Waals surface area contributed by atoms with E-state index in [2.05, 4.69) is 20.6 Å². The normalized spacial score (nSPS) is 10.3. The molecule has 170 valence electrons. The van der Waals surface area contributed by atoms with Crippen LogP contribution in [0.1, 0.15) is 27.6 Å². The first-order valence-corrected chi connectivity index (χ1v) is 10.8. The van der Waals surface area contributed by atoms with Crippen LogP contribution in [0.5, 0.6) is 0 Å². The number of thioether (sulfide) groups is 1. The summed E-state index contributed by atoms with van der Waals surface area (Å²) in [5, 5.41) is 5.18. The number of esters is 1. The van der Waals surface area contributed by atoms with E-state index in [4.69, 9.17) is 10.5 Å². The van der Waals surface area contributed by atoms with E-state index in [1.807, 2.05) is 0 Å². The maximum Gasteiger partial charge on any atom is 0.340 e. The van der Waals surface area contributed by atoms with Crippen molar-refractivity contribution in [3.8, 4) is 0 Å². The van der Waals surface area contributed by atoms with E-state index in [0.717, 1.165) is 11.8 Å². The molecule has 1 heterocycles. The zero-order chi connectivity index (χ0) is 23.8. The molecule has 3 aromatic rings. The number of aromatic nitrogens is 2. The van der Waals surface area contributed by atoms with Gasteiger partial charge in [0.2, 0.25) is 5.91 Å². The summed E-state index contributed by atoms with van der Waals surface area (Å²) in [7, 11) is 0. The van der Waals surface area contributed by atoms with Crippen molar-refractivity contribution in [3.63, 3.8) is 0 Å². The summed E-state index contributed by atoms with van der Waals surface area (Å²) in [6.45, 7) is 1.90. The fraction of sp³-hybridized carbons (Fsp3) is 0.136. The fourth-order valence-corrected chi connectivity index (χ4v) is 3.40. The molecule has 0 aliphatic rings. The zero-order valence-corrected chi connectivity index (χ0v) is 18.4. The summed E-state index contributed by atoms with van der Waals surface area (Å²) in [6.07, 6.45) is 0. The molecule has 0 unspecified atom stereocenters. The number of benzene rings is 2. The molecular formula is C22H21N5O5S. The molecule has 0 bridgehead atoms. The van der Waals surface area contributed by atoms with Crippen molar-refractivity contribution in [2.75, 3.05) is 28.7 Å². The van der Waals surface area contributed by atoms with Gasteiger partial charge in [-0.2, -0.15) is 0 Å². The van der Waals surface area contributed by atoms with Gasteiger partial charge in [0.1, 0.15) is 5.69 Å². The standard InChI is InChI=1S/C22H21N5O5S/c1-2-32-21(31)14-10-6-7-11-15(14)24-16(28)12-33-22-26-18(23)17(20(30)27-22)25-19(29)13-8-4-3-5-9-13/h3-11H,2,12H2,1H3,(H,24,28)(H,25,29)(H3,23,26,27,30). The summed E-state index contributed by atoms with van der Waals surface area (Å²) in [4.78, 5) is 55.6. The van der Waals surface area contributed by atoms with E-state index < -0.39 is 23.3 Å². The van der Waals surface area contributed by atoms with Gasteiger partial charge in [-0.3, -0.25) is 19.4 Å². The molecule has 0 fully saturated rings. The van der Waals surface area contributed by atoms with Gasteiger partial charge in [-0.25, -0.2) is 9.78 Å². The highest BCUT2D eigenvalue weighted by Gasteiger charge is 2.16. The lowest BCUT2D eigenvalue weighted by molar-refractivity contribution is -0.113. The third-order valence-electron chi connectivity index (χ3n) is 4.24. The Hall–Kier alpha value is -4.12. The lowest BCUT2D eigenvalue weighted by atomic mass is 10.2. The predicted octanol–water partition coefficient (Wildman–Crippen LogP) is 2.51. The number of hydrogen-bond acceptors (Lipinski definition) is 8. The van der Waals surface area contributed by atoms with Crippen LogP contribution in [0.2, 0.25) is 0 Å². The largest absolute Gasteiger partial charge is 0.462 e. The summed E-state index contributed by atoms with van der Waals surface area (Å²) >= 11 is 0.937. The van der Waals surface area contributed by atoms with Gasteiger partial charge in [-0.15, -0.1) is 0 Å². The van der Waals surface area contributed by atoms with Gasteiger partial charge in [0.25, 0.3) is 11.5 Å². The second kappa shape index (κ2) is 11.0. The zero-order valence-electron chi connectivity index (χ0n) is 17.6. The van der Waals surface area contributed by atoms with Crippen LogP contribution in [0.15, 0.2) is 64.5 Å². The van der Waals surface area contributed by atoms with Gasteiger partial charge in [-0.1, -0.05) is 42.1 Å². The molecule has 2 amide bonds. The number of carbonyl (C=O) groups is 3. The van der Waals surface area contributed by atoms with Crippen LogP contribution < -0.4 is 21.9 Å². The maximum atomic E-state index is 12.4. The molecule has 0 saturated heterocycles. The Morgan fingerprint density at radius 1 is 1.06 bits per heavy atom. The molecule has 3 rings (SSSR count). The second-order valence-corrected chi connectivity index (χ2v) is 7.52. The number of nitrogens with two attached hydrogens (primary N) is 1. The van der Waals surface area contributed by atoms with E-state index in [0.29, 0.717) is 11.3 Å². The van der Waals surface area contributed by atoms with Crippen LogP contribution in [0.4, 0.5) is 17.2 Å². The fourth-order valence-electron chi connectivity index (χ4n) is 2.73. The number of nitrogens with zero attached hydrogens (tertiary/aromatic N) is 1. The Morgan fingerprint density at radius 2 is 1.76 bits per heavy atom. The van der Waals surface area contributed by atoms with Gasteiger partial charge >= 0.3 is 5.97 Å². The van der Waals surface area contributed by atoms with E-state index >= 15 is 0 Å². The number of aromatic amines is 1. The van der Waals surface area contributed by atoms with Crippen LogP contribution in [0.25, 0.3) is 0 Å². The van der Waals surface area contributed by atoms with Gasteiger partial charge in [0.05, 0.1) is 23.6 Å². The van der Waals surface area contributed by atoms with Crippen LogP contribution in [0, 0.1) is 0 Å². The van der Waals surface area contributed by atoms with E-state index in [9.17, 15) is 19.2 Å². The van der Waals surface area contributed by atoms with E-state index in [1.54, 1.807) is 61.5 Å². The summed E-state index contributed by atoms with van der Waals surface area (Å²) < 4.78 is 4.98. The molecule has 0 spiro atoms. The Labute approximate surface area is 192 Å². The van der Waals surface area contributed by atoms with E-state index in [-0.39, 0.29) is 34.6 Å². The Kier molecular flexibility index (Phi) is 7.82. The summed E-state index contributed by atoms with van der Waals surface area (Å²) in [6, 6.07) is 14.8. The molecule has 0 aliphatic carbocycles. The molecule has 10 nitrogen and oxygen atoms in total. The molecule has 33 heavy (non-hydrogen) atoms.